The molecule has 20 heavy (non-hydrogen) atoms. The molecule has 1 aromatic rings. The Morgan fingerprint density at radius 2 is 1.95 bits per heavy atom. The van der Waals surface area contributed by atoms with E-state index in [9.17, 15) is 9.90 Å². The summed E-state index contributed by atoms with van der Waals surface area (Å²) in [6.07, 6.45) is -0.0993. The summed E-state index contributed by atoms with van der Waals surface area (Å²) in [5, 5.41) is 10.1. The Kier molecular flexibility index (Phi) is 7.62. The highest BCUT2D eigenvalue weighted by Gasteiger charge is 2.28. The van der Waals surface area contributed by atoms with Gasteiger partial charge in [-0.1, -0.05) is 35.0 Å². The lowest BCUT2D eigenvalue weighted by molar-refractivity contribution is -0.151. The normalized spacial score (nSPS) is 13.8. The maximum Gasteiger partial charge on any atom is 0.333 e. The predicted molar refractivity (Wildman–Crippen MR) is 81.8 cm³/mol. The molecule has 0 radical (unpaired) electrons. The number of carbonyl (C=O) groups is 1. The summed E-state index contributed by atoms with van der Waals surface area (Å²) < 4.78 is 10.9. The van der Waals surface area contributed by atoms with Crippen LogP contribution >= 0.6 is 15.9 Å². The molecule has 112 valence electrons. The van der Waals surface area contributed by atoms with E-state index >= 15 is 0 Å². The van der Waals surface area contributed by atoms with Crippen molar-refractivity contribution >= 4 is 21.9 Å². The molecule has 0 aliphatic carbocycles. The Balaban J connectivity index is 2.85. The number of carboxylic acid groups (broad SMARTS) is 1. The van der Waals surface area contributed by atoms with Gasteiger partial charge in [0.05, 0.1) is 6.61 Å². The van der Waals surface area contributed by atoms with Gasteiger partial charge >= 0.3 is 5.97 Å². The van der Waals surface area contributed by atoms with Crippen LogP contribution < -0.4 is 4.74 Å². The van der Waals surface area contributed by atoms with Crippen LogP contribution in [0.25, 0.3) is 0 Å². The molecule has 2 atom stereocenters. The van der Waals surface area contributed by atoms with Crippen molar-refractivity contribution in [3.8, 4) is 5.75 Å². The minimum Gasteiger partial charge on any atom is -0.493 e. The van der Waals surface area contributed by atoms with E-state index in [0.29, 0.717) is 19.6 Å². The summed E-state index contributed by atoms with van der Waals surface area (Å²) in [7, 11) is 0. The van der Waals surface area contributed by atoms with Gasteiger partial charge in [-0.05, 0) is 31.0 Å². The fraction of sp³-hybridized carbons (Fsp3) is 0.533. The van der Waals surface area contributed by atoms with Crippen molar-refractivity contribution < 1.29 is 19.4 Å². The first-order valence-electron chi connectivity index (χ1n) is 6.77. The summed E-state index contributed by atoms with van der Waals surface area (Å²) in [5.74, 6) is -0.290. The van der Waals surface area contributed by atoms with E-state index < -0.39 is 12.1 Å². The molecule has 0 saturated heterocycles. The van der Waals surface area contributed by atoms with Gasteiger partial charge in [-0.25, -0.2) is 4.79 Å². The van der Waals surface area contributed by atoms with Gasteiger partial charge in [-0.2, -0.15) is 0 Å². The van der Waals surface area contributed by atoms with Crippen LogP contribution in [0.3, 0.4) is 0 Å². The second-order valence-corrected chi connectivity index (χ2v) is 5.13. The molecule has 0 heterocycles. The standard InChI is InChI=1S/C15H21BrO4/c1-3-13(14(15(17)18)19-4-2)11-5-7-12(8-6-11)20-10-9-16/h5-8,13-14H,3-4,9-10H2,1-2H3,(H,17,18)/t13?,14-/m0/s1. The minimum atomic E-state index is -0.918. The highest BCUT2D eigenvalue weighted by molar-refractivity contribution is 9.09. The van der Waals surface area contributed by atoms with Crippen molar-refractivity contribution in [2.45, 2.75) is 32.3 Å². The van der Waals surface area contributed by atoms with E-state index in [1.54, 1.807) is 6.92 Å². The maximum atomic E-state index is 11.3. The fourth-order valence-corrected chi connectivity index (χ4v) is 2.29. The van der Waals surface area contributed by atoms with E-state index in [1.807, 2.05) is 31.2 Å². The number of halogens is 1. The van der Waals surface area contributed by atoms with Crippen LogP contribution in [-0.2, 0) is 9.53 Å². The van der Waals surface area contributed by atoms with E-state index in [1.165, 1.54) is 0 Å². The summed E-state index contributed by atoms with van der Waals surface area (Å²) in [6.45, 7) is 4.77. The van der Waals surface area contributed by atoms with Gasteiger partial charge in [0.25, 0.3) is 0 Å². The number of carboxylic acids is 1. The monoisotopic (exact) mass is 344 g/mol. The van der Waals surface area contributed by atoms with Gasteiger partial charge in [0.1, 0.15) is 5.75 Å². The zero-order valence-electron chi connectivity index (χ0n) is 11.8. The summed E-state index contributed by atoms with van der Waals surface area (Å²) in [4.78, 5) is 11.3. The van der Waals surface area contributed by atoms with Crippen molar-refractivity contribution in [3.05, 3.63) is 29.8 Å². The molecule has 1 unspecified atom stereocenters. The molecule has 1 aromatic carbocycles. The second-order valence-electron chi connectivity index (χ2n) is 4.34. The molecule has 0 aliphatic heterocycles. The second kappa shape index (κ2) is 8.97. The first-order chi connectivity index (χ1) is 9.63. The van der Waals surface area contributed by atoms with E-state index in [4.69, 9.17) is 9.47 Å². The average molecular weight is 345 g/mol. The van der Waals surface area contributed by atoms with Crippen molar-refractivity contribution in [1.29, 1.82) is 0 Å². The third kappa shape index (κ3) is 4.80. The first-order valence-corrected chi connectivity index (χ1v) is 7.89. The molecule has 0 bridgehead atoms. The van der Waals surface area contributed by atoms with E-state index in [-0.39, 0.29) is 5.92 Å². The Bertz CT molecular complexity index is 405. The number of alkyl halides is 1. The molecular formula is C15H21BrO4. The summed E-state index contributed by atoms with van der Waals surface area (Å²) in [5.41, 5.74) is 0.958. The molecule has 0 fully saturated rings. The van der Waals surface area contributed by atoms with Crippen LogP contribution in [-0.4, -0.2) is 35.7 Å². The number of ether oxygens (including phenoxy) is 2. The van der Waals surface area contributed by atoms with Gasteiger partial charge in [0.2, 0.25) is 0 Å². The minimum absolute atomic E-state index is 0.155. The van der Waals surface area contributed by atoms with Crippen LogP contribution in [0.1, 0.15) is 31.7 Å². The van der Waals surface area contributed by atoms with Crippen LogP contribution in [0, 0.1) is 0 Å². The number of hydrogen-bond acceptors (Lipinski definition) is 3. The fourth-order valence-electron chi connectivity index (χ4n) is 2.13. The third-order valence-corrected chi connectivity index (χ3v) is 3.37. The molecule has 0 saturated carbocycles. The number of hydrogen-bond donors (Lipinski definition) is 1. The Hall–Kier alpha value is -1.07. The Morgan fingerprint density at radius 3 is 2.40 bits per heavy atom. The van der Waals surface area contributed by atoms with Gasteiger partial charge < -0.3 is 14.6 Å². The number of aliphatic carboxylic acids is 1. The zero-order chi connectivity index (χ0) is 15.0. The summed E-state index contributed by atoms with van der Waals surface area (Å²) >= 11 is 3.30. The molecule has 0 aliphatic rings. The molecule has 0 amide bonds. The molecule has 0 spiro atoms. The van der Waals surface area contributed by atoms with Crippen molar-refractivity contribution in [2.75, 3.05) is 18.5 Å². The molecule has 1 N–H and O–H groups in total. The quantitative estimate of drug-likeness (QED) is 0.697. The third-order valence-electron chi connectivity index (χ3n) is 3.05. The zero-order valence-corrected chi connectivity index (χ0v) is 13.4. The topological polar surface area (TPSA) is 55.8 Å². The van der Waals surface area contributed by atoms with E-state index in [0.717, 1.165) is 16.6 Å². The van der Waals surface area contributed by atoms with Crippen LogP contribution in [0.4, 0.5) is 0 Å². The Morgan fingerprint density at radius 1 is 1.30 bits per heavy atom. The number of benzene rings is 1. The molecular weight excluding hydrogens is 324 g/mol. The molecule has 4 nitrogen and oxygen atoms in total. The SMILES string of the molecule is CCO[C@H](C(=O)O)C(CC)c1ccc(OCCBr)cc1. The first kappa shape index (κ1) is 17.0. The van der Waals surface area contributed by atoms with Gasteiger partial charge in [0.15, 0.2) is 6.10 Å². The van der Waals surface area contributed by atoms with Gasteiger partial charge in [-0.15, -0.1) is 0 Å². The molecule has 5 heteroatoms. The smallest absolute Gasteiger partial charge is 0.333 e. The van der Waals surface area contributed by atoms with Crippen molar-refractivity contribution in [2.24, 2.45) is 0 Å². The maximum absolute atomic E-state index is 11.3. The van der Waals surface area contributed by atoms with Crippen LogP contribution in [0.2, 0.25) is 0 Å². The van der Waals surface area contributed by atoms with Crippen LogP contribution in [0.5, 0.6) is 5.75 Å². The summed E-state index contributed by atoms with van der Waals surface area (Å²) in [6, 6.07) is 7.55. The molecule has 0 aromatic heterocycles. The average Bonchev–Trinajstić information content (AvgIpc) is 2.46. The van der Waals surface area contributed by atoms with Gasteiger partial charge in [0, 0.05) is 17.9 Å². The highest BCUT2D eigenvalue weighted by atomic mass is 79.9. The van der Waals surface area contributed by atoms with E-state index in [2.05, 4.69) is 15.9 Å². The predicted octanol–water partition coefficient (Wildman–Crippen LogP) is 3.44. The largest absolute Gasteiger partial charge is 0.493 e. The van der Waals surface area contributed by atoms with Gasteiger partial charge in [-0.3, -0.25) is 0 Å². The van der Waals surface area contributed by atoms with Crippen molar-refractivity contribution in [3.63, 3.8) is 0 Å². The lowest BCUT2D eigenvalue weighted by atomic mass is 9.91. The Labute approximate surface area is 128 Å². The van der Waals surface area contributed by atoms with Crippen molar-refractivity contribution in [1.82, 2.24) is 0 Å². The van der Waals surface area contributed by atoms with Crippen LogP contribution in [0.15, 0.2) is 24.3 Å². The lowest BCUT2D eigenvalue weighted by Crippen LogP contribution is -2.30. The number of rotatable bonds is 9. The lowest BCUT2D eigenvalue weighted by Gasteiger charge is -2.23. The molecule has 1 rings (SSSR count). The highest BCUT2D eigenvalue weighted by Crippen LogP contribution is 2.27.